The maximum atomic E-state index is 6.63. The van der Waals surface area contributed by atoms with Gasteiger partial charge in [-0.25, -0.2) is 0 Å². The van der Waals surface area contributed by atoms with Crippen molar-refractivity contribution in [3.8, 4) is 22.5 Å². The number of benzene rings is 7. The molecule has 55 heavy (non-hydrogen) atoms. The van der Waals surface area contributed by atoms with Gasteiger partial charge >= 0.3 is 0 Å². The lowest BCUT2D eigenvalue weighted by Crippen LogP contribution is -2.20. The lowest BCUT2D eigenvalue weighted by atomic mass is 9.94. The summed E-state index contributed by atoms with van der Waals surface area (Å²) < 4.78 is 14.2. The zero-order valence-electron chi connectivity index (χ0n) is 29.9. The summed E-state index contributed by atoms with van der Waals surface area (Å²) in [6.07, 6.45) is 5.70. The predicted octanol–water partition coefficient (Wildman–Crippen LogP) is 13.2. The van der Waals surface area contributed by atoms with E-state index in [1.54, 1.807) is 0 Å². The Bertz CT molecular complexity index is 3410. The first-order chi connectivity index (χ1) is 27.3. The number of hydrogen-bond donors (Lipinski definition) is 0. The first-order valence-electron chi connectivity index (χ1n) is 19.2. The van der Waals surface area contributed by atoms with E-state index in [0.29, 0.717) is 0 Å². The Balaban J connectivity index is 0.996. The van der Waals surface area contributed by atoms with Crippen molar-refractivity contribution in [1.29, 1.82) is 0 Å². The molecule has 4 heterocycles. The first kappa shape index (κ1) is 29.4. The quantitative estimate of drug-likeness (QED) is 0.179. The van der Waals surface area contributed by atoms with E-state index < -0.39 is 0 Å². The Kier molecular flexibility index (Phi) is 5.64. The molecule has 2 unspecified atom stereocenters. The van der Waals surface area contributed by atoms with Crippen molar-refractivity contribution < 1.29 is 4.42 Å². The molecule has 2 aliphatic carbocycles. The van der Waals surface area contributed by atoms with Crippen LogP contribution in [-0.2, 0) is 5.54 Å². The summed E-state index contributed by atoms with van der Waals surface area (Å²) in [6.45, 7) is 0. The maximum absolute atomic E-state index is 6.63. The zero-order valence-corrected chi connectivity index (χ0v) is 29.9. The summed E-state index contributed by atoms with van der Waals surface area (Å²) >= 11 is 0. The smallest absolute Gasteiger partial charge is 0.135 e. The van der Waals surface area contributed by atoms with E-state index in [0.717, 1.165) is 17.8 Å². The molecule has 4 aromatic heterocycles. The molecule has 11 aromatic rings. The Labute approximate surface area is 316 Å². The Morgan fingerprint density at radius 2 is 1.05 bits per heavy atom. The highest BCUT2D eigenvalue weighted by Crippen LogP contribution is 2.65. The van der Waals surface area contributed by atoms with Gasteiger partial charge in [-0.3, -0.25) is 4.57 Å². The van der Waals surface area contributed by atoms with Crippen LogP contribution < -0.4 is 0 Å². The molecule has 0 saturated heterocycles. The summed E-state index contributed by atoms with van der Waals surface area (Å²) in [6, 6.07) is 61.8. The molecular formula is C51H33N3O. The number of hydrogen-bond acceptors (Lipinski definition) is 1. The summed E-state index contributed by atoms with van der Waals surface area (Å²) in [5.74, 6) is 1.28. The molecule has 13 rings (SSSR count). The van der Waals surface area contributed by atoms with Gasteiger partial charge in [0.05, 0.1) is 27.6 Å². The molecule has 4 heteroatoms. The minimum atomic E-state index is -0.208. The number of rotatable bonds is 4. The maximum Gasteiger partial charge on any atom is 0.135 e. The van der Waals surface area contributed by atoms with Crippen molar-refractivity contribution in [2.45, 2.75) is 17.9 Å². The third-order valence-electron chi connectivity index (χ3n) is 12.5. The fourth-order valence-corrected chi connectivity index (χ4v) is 10.1. The third kappa shape index (κ3) is 3.85. The molecule has 7 aromatic carbocycles. The third-order valence-corrected chi connectivity index (χ3v) is 12.5. The normalized spacial score (nSPS) is 17.6. The molecule has 0 aliphatic heterocycles. The number of fused-ring (bicyclic) bond motifs is 13. The highest BCUT2D eigenvalue weighted by atomic mass is 16.3. The van der Waals surface area contributed by atoms with E-state index in [-0.39, 0.29) is 11.5 Å². The number of furan rings is 1. The summed E-state index contributed by atoms with van der Waals surface area (Å²) in [5.41, 5.74) is 13.0. The Morgan fingerprint density at radius 1 is 0.491 bits per heavy atom. The van der Waals surface area contributed by atoms with Crippen molar-refractivity contribution in [3.63, 3.8) is 0 Å². The van der Waals surface area contributed by atoms with Crippen LogP contribution in [0.4, 0.5) is 0 Å². The Morgan fingerprint density at radius 3 is 1.80 bits per heavy atom. The van der Waals surface area contributed by atoms with E-state index in [4.69, 9.17) is 4.42 Å². The van der Waals surface area contributed by atoms with Crippen LogP contribution in [0.25, 0.3) is 94.2 Å². The monoisotopic (exact) mass is 703 g/mol. The second kappa shape index (κ2) is 10.6. The van der Waals surface area contributed by atoms with Crippen molar-refractivity contribution in [2.24, 2.45) is 0 Å². The molecular weight excluding hydrogens is 671 g/mol. The zero-order chi connectivity index (χ0) is 35.8. The number of aromatic nitrogens is 3. The van der Waals surface area contributed by atoms with Crippen LogP contribution in [0.15, 0.2) is 180 Å². The number of allylic oxidation sites excluding steroid dienone is 1. The molecule has 0 bridgehead atoms. The number of nitrogens with zero attached hydrogens (tertiary/aromatic N) is 3. The largest absolute Gasteiger partial charge is 0.456 e. The van der Waals surface area contributed by atoms with E-state index in [9.17, 15) is 0 Å². The second-order valence-electron chi connectivity index (χ2n) is 15.3. The second-order valence-corrected chi connectivity index (χ2v) is 15.3. The van der Waals surface area contributed by atoms with Gasteiger partial charge in [-0.05, 0) is 90.4 Å². The summed E-state index contributed by atoms with van der Waals surface area (Å²) in [4.78, 5) is 0. The van der Waals surface area contributed by atoms with Crippen molar-refractivity contribution in [2.75, 3.05) is 0 Å². The minimum Gasteiger partial charge on any atom is -0.456 e. The van der Waals surface area contributed by atoms with E-state index in [1.807, 2.05) is 0 Å². The van der Waals surface area contributed by atoms with E-state index in [2.05, 4.69) is 196 Å². The van der Waals surface area contributed by atoms with Gasteiger partial charge < -0.3 is 13.6 Å². The van der Waals surface area contributed by atoms with E-state index in [1.165, 1.54) is 88.1 Å². The van der Waals surface area contributed by atoms with Crippen molar-refractivity contribution >= 4 is 71.7 Å². The van der Waals surface area contributed by atoms with Crippen LogP contribution in [-0.4, -0.2) is 13.7 Å². The van der Waals surface area contributed by atoms with Gasteiger partial charge in [0.1, 0.15) is 17.0 Å². The fourth-order valence-electron chi connectivity index (χ4n) is 10.1. The molecule has 0 N–H and O–H groups in total. The molecule has 2 aliphatic rings. The van der Waals surface area contributed by atoms with Crippen LogP contribution >= 0.6 is 0 Å². The van der Waals surface area contributed by atoms with Crippen LogP contribution in [0.5, 0.6) is 0 Å². The molecule has 1 saturated carbocycles. The highest BCUT2D eigenvalue weighted by Gasteiger charge is 2.59. The Hall–Kier alpha value is -7.04. The molecule has 0 amide bonds. The minimum absolute atomic E-state index is 0.208. The predicted molar refractivity (Wildman–Crippen MR) is 227 cm³/mol. The SMILES string of the molecule is C1=CC2(n3c4ccccc4c4c5ccccc5n(-c5ccccc5)c43)CC2c2c1oc1ccc(-c3ccc4c(c3)c3ccccc3n4-c3ccccc3)cc21. The van der Waals surface area contributed by atoms with Crippen molar-refractivity contribution in [3.05, 3.63) is 187 Å². The van der Waals surface area contributed by atoms with E-state index >= 15 is 0 Å². The average Bonchev–Trinajstić information content (AvgIpc) is 3.48. The molecule has 1 fully saturated rings. The summed E-state index contributed by atoms with van der Waals surface area (Å²) in [7, 11) is 0. The van der Waals surface area contributed by atoms with Crippen LogP contribution in [0.3, 0.4) is 0 Å². The number of para-hydroxylation sites is 5. The average molecular weight is 704 g/mol. The van der Waals surface area contributed by atoms with Gasteiger partial charge in [0.15, 0.2) is 0 Å². The lowest BCUT2D eigenvalue weighted by Gasteiger charge is -2.23. The van der Waals surface area contributed by atoms with Crippen molar-refractivity contribution in [1.82, 2.24) is 13.7 Å². The topological polar surface area (TPSA) is 27.9 Å². The highest BCUT2D eigenvalue weighted by molar-refractivity contribution is 6.22. The van der Waals surface area contributed by atoms with Gasteiger partial charge in [-0.15, -0.1) is 0 Å². The van der Waals surface area contributed by atoms with Crippen LogP contribution in [0.2, 0.25) is 0 Å². The molecule has 0 spiro atoms. The molecule has 258 valence electrons. The van der Waals surface area contributed by atoms with Gasteiger partial charge in [0.25, 0.3) is 0 Å². The first-order valence-corrected chi connectivity index (χ1v) is 19.2. The molecule has 0 radical (unpaired) electrons. The van der Waals surface area contributed by atoms with Gasteiger partial charge in [-0.2, -0.15) is 0 Å². The standard InChI is InChI=1S/C51H33N3O/c1-3-13-34(14-4-1)52-42-20-10-7-17-36(42)39-29-32(23-25-44(39)52)33-24-26-46-40(30-33)49-41-31-51(41,28-27-47(49)55-46)54-45-22-12-9-19-38(45)48-37-18-8-11-21-43(37)53(50(48)54)35-15-5-2-6-16-35/h1-30,41H,31H2. The molecule has 2 atom stereocenters. The van der Waals surface area contributed by atoms with Crippen LogP contribution in [0.1, 0.15) is 23.7 Å². The van der Waals surface area contributed by atoms with Gasteiger partial charge in [-0.1, -0.05) is 109 Å². The van der Waals surface area contributed by atoms with Crippen LogP contribution in [0, 0.1) is 0 Å². The van der Waals surface area contributed by atoms with Gasteiger partial charge in [0, 0.05) is 55.2 Å². The summed E-state index contributed by atoms with van der Waals surface area (Å²) in [5, 5.41) is 7.63. The van der Waals surface area contributed by atoms with Gasteiger partial charge in [0.2, 0.25) is 0 Å². The molecule has 4 nitrogen and oxygen atoms in total. The fraction of sp³-hybridized carbons (Fsp3) is 0.0588. The lowest BCUT2D eigenvalue weighted by molar-refractivity contribution is 0.568.